The number of rotatable bonds is 7. The van der Waals surface area contributed by atoms with E-state index in [-0.39, 0.29) is 5.02 Å². The Hall–Kier alpha value is -3.06. The van der Waals surface area contributed by atoms with Crippen molar-refractivity contribution in [3.05, 3.63) is 58.9 Å². The van der Waals surface area contributed by atoms with Crippen LogP contribution in [0.1, 0.15) is 12.5 Å². The van der Waals surface area contributed by atoms with Crippen LogP contribution in [0.3, 0.4) is 0 Å². The molecule has 0 aliphatic heterocycles. The van der Waals surface area contributed by atoms with E-state index >= 15 is 0 Å². The van der Waals surface area contributed by atoms with Crippen molar-refractivity contribution in [1.82, 2.24) is 0 Å². The highest BCUT2D eigenvalue weighted by atomic mass is 35.5. The smallest absolute Gasteiger partial charge is 0.331 e. The molecular weight excluding hydrogens is 389 g/mol. The van der Waals surface area contributed by atoms with Crippen LogP contribution in [-0.4, -0.2) is 32.2 Å². The number of carbonyl (C=O) groups excluding carboxylic acids is 2. The lowest BCUT2D eigenvalue weighted by Crippen LogP contribution is -2.29. The van der Waals surface area contributed by atoms with Crippen LogP contribution in [0.15, 0.2) is 42.5 Å². The number of nitrogens with one attached hydrogen (secondary N) is 1. The summed E-state index contributed by atoms with van der Waals surface area (Å²) >= 11 is 5.68. The van der Waals surface area contributed by atoms with Crippen molar-refractivity contribution in [2.45, 2.75) is 13.0 Å². The van der Waals surface area contributed by atoms with E-state index < -0.39 is 23.8 Å². The van der Waals surface area contributed by atoms with E-state index in [1.165, 1.54) is 45.4 Å². The first kappa shape index (κ1) is 21.2. The van der Waals surface area contributed by atoms with Crippen LogP contribution < -0.4 is 14.8 Å². The highest BCUT2D eigenvalue weighted by Crippen LogP contribution is 2.29. The fraction of sp³-hybridized carbons (Fsp3) is 0.200. The van der Waals surface area contributed by atoms with Crippen LogP contribution >= 0.6 is 11.6 Å². The second kappa shape index (κ2) is 9.75. The highest BCUT2D eigenvalue weighted by Gasteiger charge is 2.17. The Bertz CT molecular complexity index is 900. The molecule has 1 atom stereocenters. The van der Waals surface area contributed by atoms with Gasteiger partial charge in [-0.2, -0.15) is 0 Å². The van der Waals surface area contributed by atoms with Crippen molar-refractivity contribution in [1.29, 1.82) is 0 Å². The number of ether oxygens (including phenoxy) is 3. The molecular formula is C20H19ClFNO5. The molecule has 2 aromatic carbocycles. The van der Waals surface area contributed by atoms with Gasteiger partial charge in [0, 0.05) is 17.8 Å². The van der Waals surface area contributed by atoms with Gasteiger partial charge in [-0.1, -0.05) is 17.7 Å². The molecule has 0 aromatic heterocycles. The van der Waals surface area contributed by atoms with Gasteiger partial charge in [0.2, 0.25) is 0 Å². The highest BCUT2D eigenvalue weighted by molar-refractivity contribution is 6.30. The normalized spacial score (nSPS) is 11.8. The summed E-state index contributed by atoms with van der Waals surface area (Å²) in [5.41, 5.74) is 0.979. The summed E-state index contributed by atoms with van der Waals surface area (Å²) in [4.78, 5) is 24.1. The predicted octanol–water partition coefficient (Wildman–Crippen LogP) is 4.08. The third-order valence-electron chi connectivity index (χ3n) is 3.67. The molecule has 0 spiro atoms. The lowest BCUT2D eigenvalue weighted by molar-refractivity contribution is -0.148. The maximum absolute atomic E-state index is 13.1. The molecule has 1 N–H and O–H groups in total. The first-order valence-corrected chi connectivity index (χ1v) is 8.58. The van der Waals surface area contributed by atoms with Crippen molar-refractivity contribution in [2.75, 3.05) is 19.5 Å². The molecule has 0 fully saturated rings. The van der Waals surface area contributed by atoms with Gasteiger partial charge in [0.1, 0.15) is 5.82 Å². The molecule has 6 nitrogen and oxygen atoms in total. The van der Waals surface area contributed by atoms with Crippen LogP contribution in [-0.2, 0) is 14.3 Å². The van der Waals surface area contributed by atoms with E-state index in [2.05, 4.69) is 5.32 Å². The number of carbonyl (C=O) groups is 2. The summed E-state index contributed by atoms with van der Waals surface area (Å²) in [5, 5.41) is 2.57. The van der Waals surface area contributed by atoms with Gasteiger partial charge < -0.3 is 19.5 Å². The zero-order valence-corrected chi connectivity index (χ0v) is 16.2. The summed E-state index contributed by atoms with van der Waals surface area (Å²) in [5.74, 6) is -0.826. The molecule has 1 amide bonds. The minimum Gasteiger partial charge on any atom is -0.493 e. The molecule has 0 radical (unpaired) electrons. The fourth-order valence-electron chi connectivity index (χ4n) is 2.21. The molecule has 0 bridgehead atoms. The van der Waals surface area contributed by atoms with Gasteiger partial charge in [-0.15, -0.1) is 0 Å². The van der Waals surface area contributed by atoms with Gasteiger partial charge in [-0.05, 0) is 42.8 Å². The molecule has 148 valence electrons. The van der Waals surface area contributed by atoms with Gasteiger partial charge in [0.25, 0.3) is 5.91 Å². The Kier molecular flexibility index (Phi) is 7.40. The molecule has 0 heterocycles. The molecule has 2 rings (SSSR count). The molecule has 0 aliphatic rings. The Labute approximate surface area is 166 Å². The van der Waals surface area contributed by atoms with Crippen LogP contribution in [0.5, 0.6) is 11.5 Å². The molecule has 8 heteroatoms. The maximum atomic E-state index is 13.1. The summed E-state index contributed by atoms with van der Waals surface area (Å²) in [6.07, 6.45) is 1.50. The van der Waals surface area contributed by atoms with E-state index in [1.807, 2.05) is 0 Å². The van der Waals surface area contributed by atoms with Crippen LogP contribution in [0, 0.1) is 5.82 Å². The monoisotopic (exact) mass is 407 g/mol. The molecule has 0 aliphatic carbocycles. The number of amides is 1. The number of anilines is 1. The standard InChI is InChI=1S/C20H19ClFNO5/c1-12(20(25)23-14-6-8-17(26-2)18(11-14)27-3)28-19(24)9-5-13-4-7-16(22)15(21)10-13/h4-12H,1-3H3,(H,23,25)/b9-5+/t12-/m0/s1. The Morgan fingerprint density at radius 2 is 1.82 bits per heavy atom. The Morgan fingerprint density at radius 1 is 1.11 bits per heavy atom. The SMILES string of the molecule is COc1ccc(NC(=O)[C@H](C)OC(=O)/C=C/c2ccc(F)c(Cl)c2)cc1OC. The zero-order valence-electron chi connectivity index (χ0n) is 15.5. The molecule has 0 saturated heterocycles. The van der Waals surface area contributed by atoms with Crippen molar-refractivity contribution in [2.24, 2.45) is 0 Å². The fourth-order valence-corrected chi connectivity index (χ4v) is 2.39. The van der Waals surface area contributed by atoms with Crippen molar-refractivity contribution >= 4 is 35.2 Å². The number of hydrogen-bond acceptors (Lipinski definition) is 5. The Balaban J connectivity index is 1.95. The van der Waals surface area contributed by atoms with Gasteiger partial charge in [-0.3, -0.25) is 4.79 Å². The van der Waals surface area contributed by atoms with Crippen LogP contribution in [0.2, 0.25) is 5.02 Å². The van der Waals surface area contributed by atoms with E-state index in [9.17, 15) is 14.0 Å². The average Bonchev–Trinajstić information content (AvgIpc) is 2.68. The molecule has 28 heavy (non-hydrogen) atoms. The Morgan fingerprint density at radius 3 is 2.46 bits per heavy atom. The average molecular weight is 408 g/mol. The topological polar surface area (TPSA) is 73.9 Å². The van der Waals surface area contributed by atoms with Crippen molar-refractivity contribution in [3.63, 3.8) is 0 Å². The largest absolute Gasteiger partial charge is 0.493 e. The van der Waals surface area contributed by atoms with Crippen LogP contribution in [0.4, 0.5) is 10.1 Å². The number of benzene rings is 2. The zero-order chi connectivity index (χ0) is 20.7. The van der Waals surface area contributed by atoms with Crippen molar-refractivity contribution < 1.29 is 28.2 Å². The van der Waals surface area contributed by atoms with Gasteiger partial charge >= 0.3 is 5.97 Å². The van der Waals surface area contributed by atoms with E-state index in [1.54, 1.807) is 18.2 Å². The van der Waals surface area contributed by atoms with E-state index in [4.69, 9.17) is 25.8 Å². The van der Waals surface area contributed by atoms with Gasteiger partial charge in [-0.25, -0.2) is 9.18 Å². The minimum atomic E-state index is -1.04. The summed E-state index contributed by atoms with van der Waals surface area (Å²) in [6, 6.07) is 8.87. The lowest BCUT2D eigenvalue weighted by atomic mass is 10.2. The predicted molar refractivity (Wildman–Crippen MR) is 104 cm³/mol. The van der Waals surface area contributed by atoms with E-state index in [0.29, 0.717) is 22.7 Å². The third-order valence-corrected chi connectivity index (χ3v) is 3.96. The molecule has 0 unspecified atom stereocenters. The minimum absolute atomic E-state index is 0.0572. The summed E-state index contributed by atoms with van der Waals surface area (Å²) in [7, 11) is 2.99. The van der Waals surface area contributed by atoms with E-state index in [0.717, 1.165) is 6.08 Å². The number of halogens is 2. The second-order valence-electron chi connectivity index (χ2n) is 5.65. The van der Waals surface area contributed by atoms with Crippen LogP contribution in [0.25, 0.3) is 6.08 Å². The first-order chi connectivity index (χ1) is 13.3. The summed E-state index contributed by atoms with van der Waals surface area (Å²) < 4.78 is 28.5. The van der Waals surface area contributed by atoms with Gasteiger partial charge in [0.05, 0.1) is 19.2 Å². The second-order valence-corrected chi connectivity index (χ2v) is 6.05. The quantitative estimate of drug-likeness (QED) is 0.553. The molecule has 0 saturated carbocycles. The lowest BCUT2D eigenvalue weighted by Gasteiger charge is -2.14. The first-order valence-electron chi connectivity index (χ1n) is 8.20. The number of methoxy groups -OCH3 is 2. The third kappa shape index (κ3) is 5.72. The van der Waals surface area contributed by atoms with Crippen molar-refractivity contribution in [3.8, 4) is 11.5 Å². The number of esters is 1. The molecule has 2 aromatic rings. The van der Waals surface area contributed by atoms with Gasteiger partial charge in [0.15, 0.2) is 17.6 Å². The number of hydrogen-bond donors (Lipinski definition) is 1. The maximum Gasteiger partial charge on any atom is 0.331 e. The summed E-state index contributed by atoms with van der Waals surface area (Å²) in [6.45, 7) is 1.44.